The Hall–Kier alpha value is -1.25. The van der Waals surface area contributed by atoms with E-state index in [1.54, 1.807) is 0 Å². The maximum Gasteiger partial charge on any atom is 0.0853 e. The van der Waals surface area contributed by atoms with Crippen LogP contribution in [0.3, 0.4) is 0 Å². The zero-order valence-electron chi connectivity index (χ0n) is 4.54. The van der Waals surface area contributed by atoms with Crippen molar-refractivity contribution in [1.82, 2.24) is 0 Å². The topological polar surface area (TPSA) is 64.4 Å². The first-order valence-corrected chi connectivity index (χ1v) is 2.12. The van der Waals surface area contributed by atoms with Gasteiger partial charge in [0.05, 0.1) is 12.5 Å². The van der Waals surface area contributed by atoms with Crippen LogP contribution in [0.5, 0.6) is 0 Å². The number of rotatable bonds is 2. The van der Waals surface area contributed by atoms with Gasteiger partial charge >= 0.3 is 0 Å². The molecule has 0 heterocycles. The summed E-state index contributed by atoms with van der Waals surface area (Å²) in [5, 5.41) is 0. The number of nitrogens with two attached hydrogens (primary N) is 2. The third-order valence-corrected chi connectivity index (χ3v) is 0.545. The third-order valence-electron chi connectivity index (χ3n) is 0.545. The fourth-order valence-electron chi connectivity index (χ4n) is 0.182. The van der Waals surface area contributed by atoms with Crippen LogP contribution in [0.15, 0.2) is 29.5 Å². The van der Waals surface area contributed by atoms with Gasteiger partial charge in [0.1, 0.15) is 0 Å². The minimum atomic E-state index is 0.506. The third kappa shape index (κ3) is 2.96. The van der Waals surface area contributed by atoms with Crippen LogP contribution in [-0.2, 0) is 0 Å². The smallest absolute Gasteiger partial charge is 0.0853 e. The Bertz CT molecular complexity index is 124. The number of allylic oxidation sites excluding steroid dienone is 1. The van der Waals surface area contributed by atoms with Gasteiger partial charge in [0, 0.05) is 5.70 Å². The Morgan fingerprint density at radius 1 is 1.62 bits per heavy atom. The average Bonchev–Trinajstić information content (AvgIpc) is 1.83. The zero-order valence-corrected chi connectivity index (χ0v) is 4.54. The minimum absolute atomic E-state index is 0.506. The van der Waals surface area contributed by atoms with E-state index < -0.39 is 0 Å². The van der Waals surface area contributed by atoms with Gasteiger partial charge in [-0.25, -0.2) is 4.99 Å². The molecule has 0 unspecified atom stereocenters. The Morgan fingerprint density at radius 2 is 2.25 bits per heavy atom. The quantitative estimate of drug-likeness (QED) is 0.298. The van der Waals surface area contributed by atoms with Crippen molar-refractivity contribution >= 4 is 6.34 Å². The highest BCUT2D eigenvalue weighted by Gasteiger charge is 1.71. The van der Waals surface area contributed by atoms with E-state index in [4.69, 9.17) is 11.5 Å². The molecule has 0 atom stereocenters. The first kappa shape index (κ1) is 6.75. The highest BCUT2D eigenvalue weighted by Crippen LogP contribution is 1.81. The van der Waals surface area contributed by atoms with Crippen LogP contribution in [0.2, 0.25) is 0 Å². The van der Waals surface area contributed by atoms with Gasteiger partial charge in [-0.3, -0.25) is 0 Å². The van der Waals surface area contributed by atoms with Gasteiger partial charge in [0.25, 0.3) is 0 Å². The molecule has 0 spiro atoms. The maximum absolute atomic E-state index is 5.23. The highest BCUT2D eigenvalue weighted by molar-refractivity contribution is 5.52. The molecule has 0 aliphatic carbocycles. The SMILES string of the molecule is C=C/C(N)=C\N=CN. The fourth-order valence-corrected chi connectivity index (χ4v) is 0.182. The second-order valence-electron chi connectivity index (χ2n) is 1.13. The summed E-state index contributed by atoms with van der Waals surface area (Å²) in [7, 11) is 0. The van der Waals surface area contributed by atoms with Crippen LogP contribution in [0.4, 0.5) is 0 Å². The van der Waals surface area contributed by atoms with Crippen molar-refractivity contribution in [1.29, 1.82) is 0 Å². The van der Waals surface area contributed by atoms with Crippen molar-refractivity contribution in [3.63, 3.8) is 0 Å². The summed E-state index contributed by atoms with van der Waals surface area (Å²) in [6, 6.07) is 0. The molecule has 3 heteroatoms. The Morgan fingerprint density at radius 3 is 2.62 bits per heavy atom. The van der Waals surface area contributed by atoms with Gasteiger partial charge in [0.2, 0.25) is 0 Å². The van der Waals surface area contributed by atoms with Crippen molar-refractivity contribution < 1.29 is 0 Å². The van der Waals surface area contributed by atoms with E-state index in [9.17, 15) is 0 Å². The lowest BCUT2D eigenvalue weighted by Crippen LogP contribution is -1.92. The molecule has 0 saturated heterocycles. The number of aliphatic imine (C=N–C) groups is 1. The summed E-state index contributed by atoms with van der Waals surface area (Å²) in [6.45, 7) is 3.41. The summed E-state index contributed by atoms with van der Waals surface area (Å²) in [4.78, 5) is 3.54. The summed E-state index contributed by atoms with van der Waals surface area (Å²) in [6.07, 6.45) is 4.08. The van der Waals surface area contributed by atoms with Crippen molar-refractivity contribution in [2.75, 3.05) is 0 Å². The molecule has 0 fully saturated rings. The number of hydrogen-bond acceptors (Lipinski definition) is 2. The minimum Gasteiger partial charge on any atom is -0.397 e. The molecule has 0 aromatic carbocycles. The maximum atomic E-state index is 5.23. The van der Waals surface area contributed by atoms with E-state index in [2.05, 4.69) is 11.6 Å². The van der Waals surface area contributed by atoms with Crippen LogP contribution >= 0.6 is 0 Å². The van der Waals surface area contributed by atoms with Crippen LogP contribution < -0.4 is 11.5 Å². The summed E-state index contributed by atoms with van der Waals surface area (Å²) < 4.78 is 0. The van der Waals surface area contributed by atoms with Gasteiger partial charge in [-0.15, -0.1) is 0 Å². The standard InChI is InChI=1S/C5H9N3/c1-2-5(7)3-8-4-6/h2-4H,1,7H2,(H2,6,8)/b5-3+. The lowest BCUT2D eigenvalue weighted by atomic mass is 10.5. The average molecular weight is 111 g/mol. The zero-order chi connectivity index (χ0) is 6.41. The first-order chi connectivity index (χ1) is 3.81. The molecule has 0 saturated carbocycles. The summed E-state index contributed by atoms with van der Waals surface area (Å²) in [5.41, 5.74) is 10.6. The van der Waals surface area contributed by atoms with E-state index in [-0.39, 0.29) is 0 Å². The van der Waals surface area contributed by atoms with Gasteiger partial charge in [-0.2, -0.15) is 0 Å². The van der Waals surface area contributed by atoms with Crippen molar-refractivity contribution in [3.8, 4) is 0 Å². The largest absolute Gasteiger partial charge is 0.397 e. The van der Waals surface area contributed by atoms with Crippen LogP contribution in [0.1, 0.15) is 0 Å². The molecular formula is C5H9N3. The van der Waals surface area contributed by atoms with E-state index in [1.807, 2.05) is 0 Å². The van der Waals surface area contributed by atoms with Crippen LogP contribution in [0.25, 0.3) is 0 Å². The number of hydrogen-bond donors (Lipinski definition) is 2. The lowest BCUT2D eigenvalue weighted by Gasteiger charge is -1.82. The van der Waals surface area contributed by atoms with Crippen LogP contribution in [-0.4, -0.2) is 6.34 Å². The predicted molar refractivity (Wildman–Crippen MR) is 35.1 cm³/mol. The van der Waals surface area contributed by atoms with Gasteiger partial charge < -0.3 is 11.5 Å². The molecule has 0 aliphatic heterocycles. The Balaban J connectivity index is 3.74. The monoisotopic (exact) mass is 111 g/mol. The first-order valence-electron chi connectivity index (χ1n) is 2.12. The molecule has 8 heavy (non-hydrogen) atoms. The van der Waals surface area contributed by atoms with Gasteiger partial charge in [-0.05, 0) is 6.08 Å². The Labute approximate surface area is 48.4 Å². The second kappa shape index (κ2) is 3.92. The van der Waals surface area contributed by atoms with Crippen molar-refractivity contribution in [2.24, 2.45) is 16.5 Å². The molecule has 4 N–H and O–H groups in total. The Kier molecular flexibility index (Phi) is 3.31. The summed E-state index contributed by atoms with van der Waals surface area (Å²) >= 11 is 0. The molecule has 0 aromatic rings. The molecule has 0 bridgehead atoms. The van der Waals surface area contributed by atoms with Gasteiger partial charge in [-0.1, -0.05) is 6.58 Å². The highest BCUT2D eigenvalue weighted by atomic mass is 14.8. The van der Waals surface area contributed by atoms with E-state index >= 15 is 0 Å². The van der Waals surface area contributed by atoms with E-state index in [0.717, 1.165) is 6.34 Å². The van der Waals surface area contributed by atoms with E-state index in [1.165, 1.54) is 12.3 Å². The molecule has 0 amide bonds. The van der Waals surface area contributed by atoms with Gasteiger partial charge in [0.15, 0.2) is 0 Å². The number of nitrogens with zero attached hydrogens (tertiary/aromatic N) is 1. The molecule has 44 valence electrons. The molecule has 0 aliphatic rings. The van der Waals surface area contributed by atoms with E-state index in [0.29, 0.717) is 5.70 Å². The molecule has 3 nitrogen and oxygen atoms in total. The van der Waals surface area contributed by atoms with Crippen LogP contribution in [0, 0.1) is 0 Å². The summed E-state index contributed by atoms with van der Waals surface area (Å²) in [5.74, 6) is 0. The second-order valence-corrected chi connectivity index (χ2v) is 1.13. The molecular weight excluding hydrogens is 102 g/mol. The molecule has 0 radical (unpaired) electrons. The normalized spacial score (nSPS) is 12.2. The lowest BCUT2D eigenvalue weighted by molar-refractivity contribution is 1.37. The predicted octanol–water partition coefficient (Wildman–Crippen LogP) is -0.0405. The van der Waals surface area contributed by atoms with Crippen molar-refractivity contribution in [2.45, 2.75) is 0 Å². The van der Waals surface area contributed by atoms with Crippen molar-refractivity contribution in [3.05, 3.63) is 24.6 Å². The molecule has 0 aromatic heterocycles. The molecule has 0 rings (SSSR count). The fraction of sp³-hybridized carbons (Fsp3) is 0.